The maximum Gasteiger partial charge on any atom is 0.237 e. The summed E-state index contributed by atoms with van der Waals surface area (Å²) >= 11 is 0. The van der Waals surface area contributed by atoms with Crippen molar-refractivity contribution in [3.05, 3.63) is 65.7 Å². The lowest BCUT2D eigenvalue weighted by molar-refractivity contribution is -0.117. The Hall–Kier alpha value is -2.46. The van der Waals surface area contributed by atoms with Crippen molar-refractivity contribution in [3.8, 4) is 0 Å². The molecule has 3 aromatic rings. The second-order valence-electron chi connectivity index (χ2n) is 9.41. The first kappa shape index (κ1) is 18.9. The largest absolute Gasteiger partial charge is 0.274 e. The van der Waals surface area contributed by atoms with Crippen molar-refractivity contribution >= 4 is 36.4 Å². The monoisotopic (exact) mass is 388 g/mol. The molecule has 1 aliphatic heterocycles. The van der Waals surface area contributed by atoms with E-state index < -0.39 is 8.07 Å². The van der Waals surface area contributed by atoms with Gasteiger partial charge in [-0.15, -0.1) is 0 Å². The Bertz CT molecular complexity index is 1070. The molecule has 0 aliphatic carbocycles. The first-order valence-corrected chi connectivity index (χ1v) is 13.0. The highest BCUT2D eigenvalue weighted by Crippen LogP contribution is 2.53. The average molecular weight is 389 g/mol. The van der Waals surface area contributed by atoms with Gasteiger partial charge in [0.15, 0.2) is 0 Å². The minimum Gasteiger partial charge on any atom is -0.274 e. The van der Waals surface area contributed by atoms with Gasteiger partial charge in [-0.3, -0.25) is 9.69 Å². The van der Waals surface area contributed by atoms with E-state index in [4.69, 9.17) is 4.98 Å². The number of pyridine rings is 1. The van der Waals surface area contributed by atoms with Crippen molar-refractivity contribution in [1.29, 1.82) is 0 Å². The molecule has 0 saturated heterocycles. The Morgan fingerprint density at radius 2 is 1.57 bits per heavy atom. The summed E-state index contributed by atoms with van der Waals surface area (Å²) in [6, 6.07) is 18.2. The number of nitrogens with zero attached hydrogens (tertiary/aromatic N) is 2. The molecule has 2 aromatic carbocycles. The number of rotatable bonds is 2. The van der Waals surface area contributed by atoms with Crippen LogP contribution < -0.4 is 4.90 Å². The summed E-state index contributed by atoms with van der Waals surface area (Å²) in [5.41, 5.74) is 4.08. The van der Waals surface area contributed by atoms with E-state index in [1.807, 2.05) is 47.4 Å². The summed E-state index contributed by atoms with van der Waals surface area (Å²) in [6.45, 7) is 13.7. The summed E-state index contributed by atoms with van der Waals surface area (Å²) in [7, 11) is -2.01. The van der Waals surface area contributed by atoms with Gasteiger partial charge in [0.1, 0.15) is 5.82 Å². The molecule has 1 aromatic heterocycles. The van der Waals surface area contributed by atoms with Crippen molar-refractivity contribution in [2.45, 2.75) is 51.4 Å². The third-order valence-corrected chi connectivity index (χ3v) is 12.7. The number of aromatic nitrogens is 1. The highest BCUT2D eigenvalue weighted by Gasteiger charge is 2.53. The number of benzene rings is 2. The molecule has 0 N–H and O–H groups in total. The molecule has 4 heteroatoms. The van der Waals surface area contributed by atoms with Gasteiger partial charge in [-0.2, -0.15) is 0 Å². The first-order chi connectivity index (χ1) is 13.1. The van der Waals surface area contributed by atoms with E-state index >= 15 is 0 Å². The predicted molar refractivity (Wildman–Crippen MR) is 120 cm³/mol. The van der Waals surface area contributed by atoms with Gasteiger partial charge in [0.2, 0.25) is 5.91 Å². The molecular weight excluding hydrogens is 360 g/mol. The third-order valence-electron chi connectivity index (χ3n) is 6.82. The van der Waals surface area contributed by atoms with Crippen LogP contribution in [0.25, 0.3) is 10.9 Å². The molecule has 1 aliphatic rings. The van der Waals surface area contributed by atoms with E-state index in [0.717, 1.165) is 28.0 Å². The van der Waals surface area contributed by atoms with Crippen LogP contribution >= 0.6 is 0 Å². The molecule has 0 saturated carbocycles. The predicted octanol–water partition coefficient (Wildman–Crippen LogP) is 6.35. The normalized spacial score (nSPS) is 17.3. The highest BCUT2D eigenvalue weighted by molar-refractivity contribution is 6.85. The Kier molecular flexibility index (Phi) is 4.23. The fourth-order valence-electron chi connectivity index (χ4n) is 4.18. The third kappa shape index (κ3) is 2.62. The van der Waals surface area contributed by atoms with Crippen molar-refractivity contribution in [2.24, 2.45) is 0 Å². The summed E-state index contributed by atoms with van der Waals surface area (Å²) in [5.74, 6) is 1.00. The van der Waals surface area contributed by atoms with Gasteiger partial charge in [0, 0.05) is 10.9 Å². The maximum absolute atomic E-state index is 13.9. The van der Waals surface area contributed by atoms with E-state index in [0.29, 0.717) is 0 Å². The molecule has 4 rings (SSSR count). The van der Waals surface area contributed by atoms with Gasteiger partial charge in [0.25, 0.3) is 0 Å². The van der Waals surface area contributed by atoms with E-state index in [1.54, 1.807) is 0 Å². The highest BCUT2D eigenvalue weighted by atomic mass is 28.3. The number of hydrogen-bond acceptors (Lipinski definition) is 2. The second kappa shape index (κ2) is 6.28. The molecule has 0 radical (unpaired) electrons. The van der Waals surface area contributed by atoms with E-state index in [9.17, 15) is 4.79 Å². The van der Waals surface area contributed by atoms with Gasteiger partial charge < -0.3 is 0 Å². The standard InChI is InChI=1S/C24H28N2OSi/c1-16-18-14-10-11-15-19(18)25-22-20(16)21(28(5,6)24(2,3)4)23(27)26(22)17-12-8-7-9-13-17/h7-15,21H,1-6H3. The number of carbonyl (C=O) groups is 1. The quantitative estimate of drug-likeness (QED) is 0.479. The lowest BCUT2D eigenvalue weighted by Gasteiger charge is -2.41. The number of amides is 1. The molecule has 3 nitrogen and oxygen atoms in total. The van der Waals surface area contributed by atoms with Crippen LogP contribution in [0.15, 0.2) is 54.6 Å². The minimum atomic E-state index is -2.01. The Morgan fingerprint density at radius 1 is 0.964 bits per heavy atom. The molecule has 0 fully saturated rings. The number of fused-ring (bicyclic) bond motifs is 2. The zero-order chi connectivity index (χ0) is 20.3. The number of aryl methyl sites for hydroxylation is 1. The Labute approximate surface area is 168 Å². The maximum atomic E-state index is 13.9. The van der Waals surface area contributed by atoms with E-state index in [2.05, 4.69) is 52.9 Å². The van der Waals surface area contributed by atoms with Crippen molar-refractivity contribution in [2.75, 3.05) is 4.90 Å². The van der Waals surface area contributed by atoms with Crippen LogP contribution in [0, 0.1) is 6.92 Å². The topological polar surface area (TPSA) is 33.2 Å². The fraction of sp³-hybridized carbons (Fsp3) is 0.333. The van der Waals surface area contributed by atoms with Gasteiger partial charge in [-0.25, -0.2) is 4.98 Å². The van der Waals surface area contributed by atoms with Crippen LogP contribution in [-0.2, 0) is 4.79 Å². The Morgan fingerprint density at radius 3 is 2.21 bits per heavy atom. The average Bonchev–Trinajstić information content (AvgIpc) is 2.94. The summed E-state index contributed by atoms with van der Waals surface area (Å²) < 4.78 is 0. The van der Waals surface area contributed by atoms with Crippen LogP contribution in [0.3, 0.4) is 0 Å². The molecule has 2 heterocycles. The molecular formula is C24H28N2OSi. The fourth-order valence-corrected chi connectivity index (χ4v) is 6.86. The lowest BCUT2D eigenvalue weighted by Crippen LogP contribution is -2.48. The van der Waals surface area contributed by atoms with E-state index in [1.165, 1.54) is 5.56 Å². The molecule has 0 bridgehead atoms. The smallest absolute Gasteiger partial charge is 0.237 e. The lowest BCUT2D eigenvalue weighted by atomic mass is 10.0. The number of para-hydroxylation sites is 2. The van der Waals surface area contributed by atoms with Crippen LogP contribution in [0.2, 0.25) is 18.1 Å². The van der Waals surface area contributed by atoms with Crippen LogP contribution in [0.4, 0.5) is 11.5 Å². The van der Waals surface area contributed by atoms with Crippen molar-refractivity contribution in [1.82, 2.24) is 4.98 Å². The molecule has 1 unspecified atom stereocenters. The molecule has 144 valence electrons. The van der Waals surface area contributed by atoms with Gasteiger partial charge in [-0.05, 0) is 35.7 Å². The first-order valence-electron chi connectivity index (χ1n) is 9.93. The summed E-state index contributed by atoms with van der Waals surface area (Å²) in [5, 5.41) is 1.24. The minimum absolute atomic E-state index is 0.0926. The molecule has 1 amide bonds. The van der Waals surface area contributed by atoms with Gasteiger partial charge in [-0.1, -0.05) is 70.3 Å². The summed E-state index contributed by atoms with van der Waals surface area (Å²) in [4.78, 5) is 20.8. The number of hydrogen-bond donors (Lipinski definition) is 0. The second-order valence-corrected chi connectivity index (χ2v) is 14.9. The van der Waals surface area contributed by atoms with E-state index in [-0.39, 0.29) is 16.5 Å². The number of carbonyl (C=O) groups excluding carboxylic acids is 1. The number of anilines is 2. The van der Waals surface area contributed by atoms with Crippen molar-refractivity contribution < 1.29 is 4.79 Å². The SMILES string of the molecule is Cc1c2c(nc3ccccc13)N(c1ccccc1)C(=O)C2[Si](C)(C)C(C)(C)C. The van der Waals surface area contributed by atoms with Crippen LogP contribution in [-0.4, -0.2) is 19.0 Å². The zero-order valence-corrected chi connectivity index (χ0v) is 18.6. The van der Waals surface area contributed by atoms with Crippen LogP contribution in [0.1, 0.15) is 37.4 Å². The summed E-state index contributed by atoms with van der Waals surface area (Å²) in [6.07, 6.45) is 0. The molecule has 0 spiro atoms. The van der Waals surface area contributed by atoms with Gasteiger partial charge >= 0.3 is 0 Å². The molecule has 1 atom stereocenters. The molecule has 28 heavy (non-hydrogen) atoms. The van der Waals surface area contributed by atoms with Gasteiger partial charge in [0.05, 0.1) is 24.8 Å². The zero-order valence-electron chi connectivity index (χ0n) is 17.6. The Balaban J connectivity index is 2.06. The van der Waals surface area contributed by atoms with Crippen molar-refractivity contribution in [3.63, 3.8) is 0 Å². The van der Waals surface area contributed by atoms with Crippen LogP contribution in [0.5, 0.6) is 0 Å².